The Kier molecular flexibility index (Phi) is 5.65. The number of amides is 1. The van der Waals surface area contributed by atoms with Gasteiger partial charge >= 0.3 is 6.18 Å². The molecule has 1 aromatic rings. The minimum absolute atomic E-state index is 0.000422. The molecular weight excluding hydrogens is 359 g/mol. The summed E-state index contributed by atoms with van der Waals surface area (Å²) in [5, 5.41) is 0. The minimum atomic E-state index is -4.43. The van der Waals surface area contributed by atoms with Crippen LogP contribution in [-0.4, -0.2) is 49.9 Å². The van der Waals surface area contributed by atoms with E-state index in [1.54, 1.807) is 6.92 Å². The van der Waals surface area contributed by atoms with Crippen LogP contribution in [0, 0.1) is 0 Å². The molecule has 1 saturated carbocycles. The smallest absolute Gasteiger partial charge is 0.416 e. The highest BCUT2D eigenvalue weighted by atomic mass is 32.2. The lowest BCUT2D eigenvalue weighted by molar-refractivity contribution is -0.138. The molecule has 0 spiro atoms. The molecule has 1 aliphatic carbocycles. The summed E-state index contributed by atoms with van der Waals surface area (Å²) in [5.74, 6) is -0.374. The summed E-state index contributed by atoms with van der Waals surface area (Å²) in [6, 6.07) is 3.58. The number of rotatable bonds is 7. The predicted molar refractivity (Wildman–Crippen MR) is 86.0 cm³/mol. The van der Waals surface area contributed by atoms with Gasteiger partial charge in [-0.15, -0.1) is 0 Å². The standard InChI is InChI=1S/C16H20F3NO4S/c1-11(10-25(2,22)23)20(13-5-6-13)15(21)9-24-14-7-3-12(4-8-14)16(17,18)19/h3-4,7-8,11,13H,5-6,9-10H2,1-2H3. The fourth-order valence-electron chi connectivity index (χ4n) is 2.64. The van der Waals surface area contributed by atoms with Gasteiger partial charge in [-0.2, -0.15) is 13.2 Å². The van der Waals surface area contributed by atoms with Gasteiger partial charge in [0.2, 0.25) is 0 Å². The molecule has 0 aliphatic heterocycles. The topological polar surface area (TPSA) is 63.7 Å². The molecule has 1 atom stereocenters. The van der Waals surface area contributed by atoms with Crippen molar-refractivity contribution >= 4 is 15.7 Å². The van der Waals surface area contributed by atoms with Crippen LogP contribution < -0.4 is 4.74 Å². The Morgan fingerprint density at radius 3 is 2.28 bits per heavy atom. The first-order valence-corrected chi connectivity index (χ1v) is 9.82. The number of hydrogen-bond donors (Lipinski definition) is 0. The van der Waals surface area contributed by atoms with Crippen molar-refractivity contribution in [3.05, 3.63) is 29.8 Å². The van der Waals surface area contributed by atoms with Gasteiger partial charge < -0.3 is 9.64 Å². The number of carbonyl (C=O) groups excluding carboxylic acids is 1. The van der Waals surface area contributed by atoms with Crippen LogP contribution in [0.1, 0.15) is 25.3 Å². The molecular formula is C16H20F3NO4S. The quantitative estimate of drug-likeness (QED) is 0.730. The Labute approximate surface area is 144 Å². The van der Waals surface area contributed by atoms with Crippen molar-refractivity contribution in [2.75, 3.05) is 18.6 Å². The Bertz CT molecular complexity index is 712. The number of alkyl halides is 3. The predicted octanol–water partition coefficient (Wildman–Crippen LogP) is 2.51. The summed E-state index contributed by atoms with van der Waals surface area (Å²) < 4.78 is 65.7. The first-order chi connectivity index (χ1) is 11.5. The third-order valence-corrected chi connectivity index (χ3v) is 4.88. The van der Waals surface area contributed by atoms with Crippen molar-refractivity contribution in [3.63, 3.8) is 0 Å². The Morgan fingerprint density at radius 1 is 1.28 bits per heavy atom. The molecule has 5 nitrogen and oxygen atoms in total. The van der Waals surface area contributed by atoms with E-state index in [2.05, 4.69) is 0 Å². The summed E-state index contributed by atoms with van der Waals surface area (Å²) >= 11 is 0. The summed E-state index contributed by atoms with van der Waals surface area (Å²) in [6.45, 7) is 1.31. The average molecular weight is 379 g/mol. The lowest BCUT2D eigenvalue weighted by Crippen LogP contribution is -2.45. The van der Waals surface area contributed by atoms with Crippen molar-refractivity contribution in [1.29, 1.82) is 0 Å². The summed E-state index contributed by atoms with van der Waals surface area (Å²) in [4.78, 5) is 13.9. The molecule has 1 unspecified atom stereocenters. The average Bonchev–Trinajstić information content (AvgIpc) is 3.27. The van der Waals surface area contributed by atoms with E-state index in [-0.39, 0.29) is 30.1 Å². The monoisotopic (exact) mass is 379 g/mol. The maximum absolute atomic E-state index is 12.5. The van der Waals surface area contributed by atoms with Gasteiger partial charge in [-0.25, -0.2) is 8.42 Å². The van der Waals surface area contributed by atoms with E-state index in [0.29, 0.717) is 0 Å². The lowest BCUT2D eigenvalue weighted by Gasteiger charge is -2.29. The number of carbonyl (C=O) groups is 1. The Balaban J connectivity index is 1.97. The molecule has 1 aliphatic rings. The normalized spacial score (nSPS) is 16.4. The highest BCUT2D eigenvalue weighted by Crippen LogP contribution is 2.31. The van der Waals surface area contributed by atoms with Gasteiger partial charge in [-0.3, -0.25) is 4.79 Å². The van der Waals surface area contributed by atoms with Gasteiger partial charge in [-0.05, 0) is 44.0 Å². The van der Waals surface area contributed by atoms with Crippen molar-refractivity contribution in [3.8, 4) is 5.75 Å². The highest BCUT2D eigenvalue weighted by molar-refractivity contribution is 7.90. The largest absolute Gasteiger partial charge is 0.484 e. The summed E-state index contributed by atoms with van der Waals surface area (Å²) in [5.41, 5.74) is -0.799. The molecule has 9 heteroatoms. The molecule has 0 heterocycles. The van der Waals surface area contributed by atoms with Crippen molar-refractivity contribution in [1.82, 2.24) is 4.90 Å². The van der Waals surface area contributed by atoms with E-state index in [0.717, 1.165) is 43.4 Å². The maximum Gasteiger partial charge on any atom is 0.416 e. The molecule has 0 N–H and O–H groups in total. The number of sulfone groups is 1. The van der Waals surface area contributed by atoms with Crippen LogP contribution in [0.3, 0.4) is 0 Å². The third kappa shape index (κ3) is 5.91. The van der Waals surface area contributed by atoms with E-state index in [1.165, 1.54) is 4.90 Å². The van der Waals surface area contributed by atoms with E-state index < -0.39 is 27.6 Å². The second-order valence-electron chi connectivity index (χ2n) is 6.28. The molecule has 0 radical (unpaired) electrons. The molecule has 2 rings (SSSR count). The van der Waals surface area contributed by atoms with Crippen LogP contribution in [0.4, 0.5) is 13.2 Å². The molecule has 1 amide bonds. The summed E-state index contributed by atoms with van der Waals surface area (Å²) in [6.07, 6.45) is -1.71. The maximum atomic E-state index is 12.5. The number of ether oxygens (including phenoxy) is 1. The number of halogens is 3. The Morgan fingerprint density at radius 2 is 1.84 bits per heavy atom. The van der Waals surface area contributed by atoms with E-state index in [4.69, 9.17) is 4.74 Å². The van der Waals surface area contributed by atoms with Gasteiger partial charge in [-0.1, -0.05) is 0 Å². The van der Waals surface area contributed by atoms with Crippen LogP contribution >= 0.6 is 0 Å². The number of benzene rings is 1. The van der Waals surface area contributed by atoms with Gasteiger partial charge in [0.1, 0.15) is 15.6 Å². The zero-order chi connectivity index (χ0) is 18.8. The highest BCUT2D eigenvalue weighted by Gasteiger charge is 2.37. The van der Waals surface area contributed by atoms with Crippen LogP contribution in [0.5, 0.6) is 5.75 Å². The van der Waals surface area contributed by atoms with Crippen molar-refractivity contribution in [2.45, 2.75) is 38.0 Å². The first kappa shape index (κ1) is 19.6. The van der Waals surface area contributed by atoms with Crippen LogP contribution in [0.25, 0.3) is 0 Å². The molecule has 0 aromatic heterocycles. The number of hydrogen-bond acceptors (Lipinski definition) is 4. The van der Waals surface area contributed by atoms with Gasteiger partial charge in [0.15, 0.2) is 6.61 Å². The zero-order valence-corrected chi connectivity index (χ0v) is 14.7. The molecule has 0 bridgehead atoms. The Hall–Kier alpha value is -1.77. The SMILES string of the molecule is CC(CS(C)(=O)=O)N(C(=O)COc1ccc(C(F)(F)F)cc1)C1CC1. The summed E-state index contributed by atoms with van der Waals surface area (Å²) in [7, 11) is -3.23. The third-order valence-electron chi connectivity index (χ3n) is 3.79. The van der Waals surface area contributed by atoms with E-state index >= 15 is 0 Å². The number of nitrogens with zero attached hydrogens (tertiary/aromatic N) is 1. The molecule has 1 aromatic carbocycles. The van der Waals surface area contributed by atoms with Gasteiger partial charge in [0.05, 0.1) is 11.3 Å². The second-order valence-corrected chi connectivity index (χ2v) is 8.47. The fraction of sp³-hybridized carbons (Fsp3) is 0.562. The second kappa shape index (κ2) is 7.23. The van der Waals surface area contributed by atoms with E-state index in [9.17, 15) is 26.4 Å². The first-order valence-electron chi connectivity index (χ1n) is 7.76. The molecule has 25 heavy (non-hydrogen) atoms. The zero-order valence-electron chi connectivity index (χ0n) is 13.9. The van der Waals surface area contributed by atoms with E-state index in [1.807, 2.05) is 0 Å². The molecule has 1 fully saturated rings. The van der Waals surface area contributed by atoms with Crippen molar-refractivity contribution in [2.24, 2.45) is 0 Å². The lowest BCUT2D eigenvalue weighted by atomic mass is 10.2. The van der Waals surface area contributed by atoms with Crippen LogP contribution in [0.2, 0.25) is 0 Å². The van der Waals surface area contributed by atoms with Crippen LogP contribution in [-0.2, 0) is 20.8 Å². The van der Waals surface area contributed by atoms with Crippen molar-refractivity contribution < 1.29 is 31.1 Å². The van der Waals surface area contributed by atoms with Gasteiger partial charge in [0, 0.05) is 18.3 Å². The van der Waals surface area contributed by atoms with Crippen LogP contribution in [0.15, 0.2) is 24.3 Å². The minimum Gasteiger partial charge on any atom is -0.484 e. The van der Waals surface area contributed by atoms with Gasteiger partial charge in [0.25, 0.3) is 5.91 Å². The molecule has 0 saturated heterocycles. The fourth-order valence-corrected chi connectivity index (χ4v) is 3.68. The molecule has 140 valence electrons.